The van der Waals surface area contributed by atoms with E-state index >= 15 is 0 Å². The number of nitrogens with one attached hydrogen (secondary N) is 1. The van der Waals surface area contributed by atoms with Gasteiger partial charge in [-0.25, -0.2) is 0 Å². The average molecular weight is 316 g/mol. The van der Waals surface area contributed by atoms with Crippen LogP contribution < -0.4 is 15.8 Å². The van der Waals surface area contributed by atoms with Gasteiger partial charge >= 0.3 is 0 Å². The van der Waals surface area contributed by atoms with Crippen molar-refractivity contribution in [1.29, 1.82) is 0 Å². The molecule has 0 saturated carbocycles. The average Bonchev–Trinajstić information content (AvgIpc) is 2.61. The van der Waals surface area contributed by atoms with Crippen LogP contribution in [0, 0.1) is 0 Å². The summed E-state index contributed by atoms with van der Waals surface area (Å²) in [6, 6.07) is 25.8. The van der Waals surface area contributed by atoms with E-state index in [4.69, 9.17) is 10.5 Å². The second-order valence-corrected chi connectivity index (χ2v) is 5.50. The van der Waals surface area contributed by atoms with Crippen LogP contribution in [0.15, 0.2) is 85.4 Å². The molecular formula is C21H20N2O. The first kappa shape index (κ1) is 15.7. The molecule has 3 N–H and O–H groups in total. The summed E-state index contributed by atoms with van der Waals surface area (Å²) in [7, 11) is 0. The Bertz CT molecular complexity index is 828. The van der Waals surface area contributed by atoms with Crippen molar-refractivity contribution in [2.45, 2.75) is 6.61 Å². The molecule has 0 saturated heterocycles. The van der Waals surface area contributed by atoms with Gasteiger partial charge in [0.1, 0.15) is 12.4 Å². The molecule has 3 aromatic carbocycles. The van der Waals surface area contributed by atoms with E-state index < -0.39 is 0 Å². The van der Waals surface area contributed by atoms with E-state index in [1.165, 1.54) is 0 Å². The van der Waals surface area contributed by atoms with Crippen molar-refractivity contribution in [1.82, 2.24) is 0 Å². The van der Waals surface area contributed by atoms with Crippen LogP contribution in [0.1, 0.15) is 11.1 Å². The first-order chi connectivity index (χ1) is 11.7. The lowest BCUT2D eigenvalue weighted by Gasteiger charge is -2.13. The fourth-order valence-electron chi connectivity index (χ4n) is 2.43. The van der Waals surface area contributed by atoms with Crippen molar-refractivity contribution in [3.8, 4) is 5.75 Å². The van der Waals surface area contributed by atoms with E-state index in [-0.39, 0.29) is 0 Å². The Morgan fingerprint density at radius 3 is 2.46 bits per heavy atom. The molecule has 3 rings (SSSR count). The van der Waals surface area contributed by atoms with Crippen LogP contribution in [0.4, 0.5) is 11.4 Å². The van der Waals surface area contributed by atoms with Crippen LogP contribution in [0.5, 0.6) is 5.75 Å². The Morgan fingerprint density at radius 2 is 1.67 bits per heavy atom. The number of para-hydroxylation sites is 1. The molecule has 0 aliphatic rings. The van der Waals surface area contributed by atoms with Crippen molar-refractivity contribution in [3.63, 3.8) is 0 Å². The number of hydrogen-bond acceptors (Lipinski definition) is 3. The molecule has 0 spiro atoms. The van der Waals surface area contributed by atoms with E-state index in [2.05, 4.69) is 11.9 Å². The lowest BCUT2D eigenvalue weighted by Crippen LogP contribution is -2.00. The van der Waals surface area contributed by atoms with Gasteiger partial charge in [0.15, 0.2) is 0 Å². The van der Waals surface area contributed by atoms with Crippen LogP contribution in [0.25, 0.3) is 5.70 Å². The second-order valence-electron chi connectivity index (χ2n) is 5.50. The minimum atomic E-state index is 0.537. The highest BCUT2D eigenvalue weighted by Crippen LogP contribution is 2.26. The number of benzene rings is 3. The third-order valence-corrected chi connectivity index (χ3v) is 3.63. The molecular weight excluding hydrogens is 296 g/mol. The second kappa shape index (κ2) is 7.38. The summed E-state index contributed by atoms with van der Waals surface area (Å²) in [5.41, 5.74) is 10.3. The number of nitrogens with two attached hydrogens (primary N) is 1. The Balaban J connectivity index is 1.73. The predicted molar refractivity (Wildman–Crippen MR) is 100 cm³/mol. The largest absolute Gasteiger partial charge is 0.489 e. The molecule has 3 heteroatoms. The zero-order valence-corrected chi connectivity index (χ0v) is 13.4. The van der Waals surface area contributed by atoms with Gasteiger partial charge in [0, 0.05) is 28.7 Å². The summed E-state index contributed by atoms with van der Waals surface area (Å²) in [5.74, 6) is 0.813. The summed E-state index contributed by atoms with van der Waals surface area (Å²) in [5, 5.41) is 3.37. The van der Waals surface area contributed by atoms with Crippen LogP contribution in [0.3, 0.4) is 0 Å². The van der Waals surface area contributed by atoms with Crippen molar-refractivity contribution in [2.24, 2.45) is 5.73 Å². The third kappa shape index (κ3) is 3.96. The Kier molecular flexibility index (Phi) is 4.82. The number of hydrogen-bond donors (Lipinski definition) is 2. The van der Waals surface area contributed by atoms with Crippen molar-refractivity contribution >= 4 is 17.1 Å². The summed E-state index contributed by atoms with van der Waals surface area (Å²) in [4.78, 5) is 0. The van der Waals surface area contributed by atoms with Gasteiger partial charge in [0.25, 0.3) is 0 Å². The summed E-state index contributed by atoms with van der Waals surface area (Å²) < 4.78 is 5.87. The molecule has 24 heavy (non-hydrogen) atoms. The van der Waals surface area contributed by atoms with Gasteiger partial charge < -0.3 is 15.8 Å². The van der Waals surface area contributed by atoms with Gasteiger partial charge in [-0.2, -0.15) is 0 Å². The molecule has 0 unspecified atom stereocenters. The maximum Gasteiger partial charge on any atom is 0.121 e. The lowest BCUT2D eigenvalue weighted by molar-refractivity contribution is 0.306. The molecule has 0 heterocycles. The standard InChI is InChI=1S/C21H20N2O/c1-16(22)20-12-5-6-13-21(20)23-18-10-7-11-19(14-18)24-15-17-8-3-2-4-9-17/h2-14,23H,1,15,22H2. The van der Waals surface area contributed by atoms with Gasteiger partial charge in [0.05, 0.1) is 0 Å². The molecule has 3 aromatic rings. The monoisotopic (exact) mass is 316 g/mol. The summed E-state index contributed by atoms with van der Waals surface area (Å²) >= 11 is 0. The van der Waals surface area contributed by atoms with E-state index in [9.17, 15) is 0 Å². The van der Waals surface area contributed by atoms with Crippen molar-refractivity contribution in [2.75, 3.05) is 5.32 Å². The van der Waals surface area contributed by atoms with Crippen LogP contribution in [-0.2, 0) is 6.61 Å². The van der Waals surface area contributed by atoms with Gasteiger partial charge in [-0.3, -0.25) is 0 Å². The Morgan fingerprint density at radius 1 is 0.917 bits per heavy atom. The fourth-order valence-corrected chi connectivity index (χ4v) is 2.43. The van der Waals surface area contributed by atoms with Gasteiger partial charge in [0.2, 0.25) is 0 Å². The molecule has 0 aromatic heterocycles. The van der Waals surface area contributed by atoms with Crippen LogP contribution in [-0.4, -0.2) is 0 Å². The quantitative estimate of drug-likeness (QED) is 0.677. The van der Waals surface area contributed by atoms with Crippen molar-refractivity contribution in [3.05, 3.63) is 96.6 Å². The molecule has 0 aliphatic carbocycles. The third-order valence-electron chi connectivity index (χ3n) is 3.63. The summed E-state index contributed by atoms with van der Waals surface area (Å²) in [6.07, 6.45) is 0. The zero-order chi connectivity index (χ0) is 16.8. The normalized spacial score (nSPS) is 10.2. The van der Waals surface area contributed by atoms with Crippen LogP contribution in [0.2, 0.25) is 0 Å². The van der Waals surface area contributed by atoms with Gasteiger partial charge in [-0.15, -0.1) is 0 Å². The van der Waals surface area contributed by atoms with E-state index in [1.54, 1.807) is 0 Å². The highest BCUT2D eigenvalue weighted by atomic mass is 16.5. The molecule has 0 radical (unpaired) electrons. The van der Waals surface area contributed by atoms with E-state index in [1.807, 2.05) is 78.9 Å². The minimum Gasteiger partial charge on any atom is -0.489 e. The number of anilines is 2. The smallest absolute Gasteiger partial charge is 0.121 e. The first-order valence-electron chi connectivity index (χ1n) is 7.80. The molecule has 0 aliphatic heterocycles. The predicted octanol–water partition coefficient (Wildman–Crippen LogP) is 4.94. The lowest BCUT2D eigenvalue weighted by atomic mass is 10.1. The maximum atomic E-state index is 5.87. The summed E-state index contributed by atoms with van der Waals surface area (Å²) in [6.45, 7) is 4.36. The molecule has 120 valence electrons. The van der Waals surface area contributed by atoms with Gasteiger partial charge in [-0.05, 0) is 23.8 Å². The first-order valence-corrected chi connectivity index (χ1v) is 7.80. The Labute approximate surface area is 142 Å². The highest BCUT2D eigenvalue weighted by Gasteiger charge is 2.04. The molecule has 0 atom stereocenters. The minimum absolute atomic E-state index is 0.537. The zero-order valence-electron chi connectivity index (χ0n) is 13.4. The molecule has 3 nitrogen and oxygen atoms in total. The van der Waals surface area contributed by atoms with Crippen LogP contribution >= 0.6 is 0 Å². The van der Waals surface area contributed by atoms with Gasteiger partial charge in [-0.1, -0.05) is 61.2 Å². The number of ether oxygens (including phenoxy) is 1. The number of rotatable bonds is 6. The Hall–Kier alpha value is -3.20. The van der Waals surface area contributed by atoms with E-state index in [0.717, 1.165) is 28.3 Å². The highest BCUT2D eigenvalue weighted by molar-refractivity contribution is 5.76. The van der Waals surface area contributed by atoms with Crippen molar-refractivity contribution < 1.29 is 4.74 Å². The van der Waals surface area contributed by atoms with E-state index in [0.29, 0.717) is 12.3 Å². The topological polar surface area (TPSA) is 47.3 Å². The molecule has 0 amide bonds. The molecule has 0 fully saturated rings. The maximum absolute atomic E-state index is 5.87. The fraction of sp³-hybridized carbons (Fsp3) is 0.0476. The SMILES string of the molecule is C=C(N)c1ccccc1Nc1cccc(OCc2ccccc2)c1. The molecule has 0 bridgehead atoms.